The Labute approximate surface area is 181 Å². The normalized spacial score (nSPS) is 10.8. The highest BCUT2D eigenvalue weighted by atomic mass is 79.9. The second-order valence-electron chi connectivity index (χ2n) is 5.99. The number of benzene rings is 3. The number of nitrogens with zero attached hydrogens (tertiary/aromatic N) is 1. The molecule has 28 heavy (non-hydrogen) atoms. The van der Waals surface area contributed by atoms with E-state index >= 15 is 0 Å². The summed E-state index contributed by atoms with van der Waals surface area (Å²) >= 11 is 7.11. The van der Waals surface area contributed by atoms with E-state index in [0.717, 1.165) is 37.1 Å². The predicted octanol–water partition coefficient (Wildman–Crippen LogP) is 5.92. The number of hydrazone groups is 1. The lowest BCUT2D eigenvalue weighted by Crippen LogP contribution is -2.07. The highest BCUT2D eigenvalue weighted by molar-refractivity contribution is 9.11. The van der Waals surface area contributed by atoms with Crippen LogP contribution < -0.4 is 14.9 Å². The first-order valence-corrected chi connectivity index (χ1v) is 10.3. The van der Waals surface area contributed by atoms with Crippen LogP contribution in [0, 0.1) is 0 Å². The number of hydrogen-bond donors (Lipinski definition) is 1. The Morgan fingerprint density at radius 3 is 2.54 bits per heavy atom. The summed E-state index contributed by atoms with van der Waals surface area (Å²) in [5, 5.41) is 4.36. The molecule has 0 saturated heterocycles. The fourth-order valence-corrected chi connectivity index (χ4v) is 4.03. The first kappa shape index (κ1) is 20.4. The zero-order valence-corrected chi connectivity index (χ0v) is 18.5. The van der Waals surface area contributed by atoms with E-state index in [1.165, 1.54) is 0 Å². The van der Waals surface area contributed by atoms with Gasteiger partial charge >= 0.3 is 0 Å². The van der Waals surface area contributed by atoms with Gasteiger partial charge in [0.15, 0.2) is 0 Å². The molecule has 0 aromatic heterocycles. The van der Waals surface area contributed by atoms with E-state index in [9.17, 15) is 0 Å². The number of halogens is 2. The average molecular weight is 504 g/mol. The van der Waals surface area contributed by atoms with Crippen molar-refractivity contribution >= 4 is 38.1 Å². The van der Waals surface area contributed by atoms with E-state index in [1.54, 1.807) is 13.3 Å². The third kappa shape index (κ3) is 5.59. The van der Waals surface area contributed by atoms with Crippen molar-refractivity contribution < 1.29 is 9.47 Å². The standard InChI is InChI=1S/C22H20Br2N2O2/c1-27-21-10-6-5-9-17(21)13-25-26-14-18-11-19(23)12-20(24)22(18)28-15-16-7-3-2-4-8-16/h2-12,14,25H,13,15H2,1H3/b26-14-. The largest absolute Gasteiger partial charge is 0.496 e. The highest BCUT2D eigenvalue weighted by Gasteiger charge is 2.09. The van der Waals surface area contributed by atoms with Gasteiger partial charge in [-0.1, -0.05) is 64.5 Å². The zero-order chi connectivity index (χ0) is 19.8. The smallest absolute Gasteiger partial charge is 0.142 e. The van der Waals surface area contributed by atoms with Crippen LogP contribution in [-0.4, -0.2) is 13.3 Å². The van der Waals surface area contributed by atoms with E-state index in [4.69, 9.17) is 9.47 Å². The third-order valence-electron chi connectivity index (χ3n) is 4.02. The summed E-state index contributed by atoms with van der Waals surface area (Å²) in [6.45, 7) is 1.05. The van der Waals surface area contributed by atoms with Gasteiger partial charge in [-0.3, -0.25) is 0 Å². The van der Waals surface area contributed by atoms with Crippen LogP contribution in [0.15, 0.2) is 80.8 Å². The van der Waals surface area contributed by atoms with Crippen molar-refractivity contribution in [1.82, 2.24) is 5.43 Å². The van der Waals surface area contributed by atoms with E-state index in [0.29, 0.717) is 13.2 Å². The molecule has 0 bridgehead atoms. The molecule has 0 unspecified atom stereocenters. The minimum Gasteiger partial charge on any atom is -0.496 e. The second kappa shape index (κ2) is 10.3. The molecule has 0 amide bonds. The fourth-order valence-electron chi connectivity index (χ4n) is 2.65. The molecule has 0 aliphatic heterocycles. The Kier molecular flexibility index (Phi) is 7.51. The molecule has 3 rings (SSSR count). The lowest BCUT2D eigenvalue weighted by atomic mass is 10.2. The molecular weight excluding hydrogens is 484 g/mol. The molecule has 4 nitrogen and oxygen atoms in total. The molecule has 1 N–H and O–H groups in total. The fraction of sp³-hybridized carbons (Fsp3) is 0.136. The summed E-state index contributed by atoms with van der Waals surface area (Å²) in [5.74, 6) is 1.58. The van der Waals surface area contributed by atoms with Gasteiger partial charge in [0.2, 0.25) is 0 Å². The zero-order valence-electron chi connectivity index (χ0n) is 15.4. The maximum Gasteiger partial charge on any atom is 0.142 e. The molecule has 0 aliphatic carbocycles. The van der Waals surface area contributed by atoms with Gasteiger partial charge in [0, 0.05) is 15.6 Å². The summed E-state index contributed by atoms with van der Waals surface area (Å²) in [6, 6.07) is 21.9. The van der Waals surface area contributed by atoms with Gasteiger partial charge in [0.25, 0.3) is 0 Å². The molecule has 3 aromatic carbocycles. The second-order valence-corrected chi connectivity index (χ2v) is 7.76. The molecule has 0 fully saturated rings. The minimum absolute atomic E-state index is 0.483. The Balaban J connectivity index is 1.70. The first-order chi connectivity index (χ1) is 13.7. The summed E-state index contributed by atoms with van der Waals surface area (Å²) in [5.41, 5.74) is 6.08. The number of nitrogens with one attached hydrogen (secondary N) is 1. The number of hydrogen-bond acceptors (Lipinski definition) is 4. The lowest BCUT2D eigenvalue weighted by Gasteiger charge is -2.12. The van der Waals surface area contributed by atoms with Gasteiger partial charge < -0.3 is 14.9 Å². The number of methoxy groups -OCH3 is 1. The van der Waals surface area contributed by atoms with Crippen molar-refractivity contribution in [2.24, 2.45) is 5.10 Å². The molecule has 6 heteroatoms. The molecular formula is C22H20Br2N2O2. The number of rotatable bonds is 8. The van der Waals surface area contributed by atoms with Crippen LogP contribution in [0.3, 0.4) is 0 Å². The van der Waals surface area contributed by atoms with Gasteiger partial charge in [-0.15, -0.1) is 0 Å². The average Bonchev–Trinajstić information content (AvgIpc) is 2.71. The van der Waals surface area contributed by atoms with Crippen molar-refractivity contribution in [3.05, 3.63) is 92.4 Å². The van der Waals surface area contributed by atoms with Crippen molar-refractivity contribution in [3.8, 4) is 11.5 Å². The van der Waals surface area contributed by atoms with Crippen LogP contribution in [0.5, 0.6) is 11.5 Å². The summed E-state index contributed by atoms with van der Waals surface area (Å²) < 4.78 is 13.2. The van der Waals surface area contributed by atoms with Crippen molar-refractivity contribution in [1.29, 1.82) is 0 Å². The Bertz CT molecular complexity index is 947. The van der Waals surface area contributed by atoms with Crippen LogP contribution >= 0.6 is 31.9 Å². The maximum atomic E-state index is 6.05. The number of para-hydroxylation sites is 1. The van der Waals surface area contributed by atoms with Crippen LogP contribution in [0.2, 0.25) is 0 Å². The van der Waals surface area contributed by atoms with Gasteiger partial charge in [0.05, 0.1) is 24.3 Å². The number of ether oxygens (including phenoxy) is 2. The highest BCUT2D eigenvalue weighted by Crippen LogP contribution is 2.32. The summed E-state index contributed by atoms with van der Waals surface area (Å²) in [4.78, 5) is 0. The molecule has 3 aromatic rings. The van der Waals surface area contributed by atoms with E-state index in [-0.39, 0.29) is 0 Å². The van der Waals surface area contributed by atoms with Crippen molar-refractivity contribution in [2.75, 3.05) is 7.11 Å². The molecule has 144 valence electrons. The van der Waals surface area contributed by atoms with Crippen LogP contribution in [0.1, 0.15) is 16.7 Å². The minimum atomic E-state index is 0.483. The van der Waals surface area contributed by atoms with Gasteiger partial charge in [-0.2, -0.15) is 5.10 Å². The molecule has 0 saturated carbocycles. The Morgan fingerprint density at radius 2 is 1.75 bits per heavy atom. The molecule has 0 atom stereocenters. The van der Waals surface area contributed by atoms with Crippen LogP contribution in [-0.2, 0) is 13.2 Å². The summed E-state index contributed by atoms with van der Waals surface area (Å²) in [6.07, 6.45) is 1.76. The quantitative estimate of drug-likeness (QED) is 0.306. The predicted molar refractivity (Wildman–Crippen MR) is 120 cm³/mol. The topological polar surface area (TPSA) is 42.8 Å². The maximum absolute atomic E-state index is 6.05. The van der Waals surface area contributed by atoms with Crippen molar-refractivity contribution in [3.63, 3.8) is 0 Å². The van der Waals surface area contributed by atoms with E-state index in [1.807, 2.05) is 66.7 Å². The third-order valence-corrected chi connectivity index (χ3v) is 5.07. The molecule has 0 spiro atoms. The van der Waals surface area contributed by atoms with Crippen molar-refractivity contribution in [2.45, 2.75) is 13.2 Å². The van der Waals surface area contributed by atoms with E-state index in [2.05, 4.69) is 42.4 Å². The lowest BCUT2D eigenvalue weighted by molar-refractivity contribution is 0.304. The van der Waals surface area contributed by atoms with Crippen LogP contribution in [0.25, 0.3) is 0 Å². The SMILES string of the molecule is COc1ccccc1CN/N=C\c1cc(Br)cc(Br)c1OCc1ccccc1. The van der Waals surface area contributed by atoms with Gasteiger partial charge in [-0.25, -0.2) is 0 Å². The summed E-state index contributed by atoms with van der Waals surface area (Å²) in [7, 11) is 1.66. The van der Waals surface area contributed by atoms with E-state index < -0.39 is 0 Å². The molecule has 0 radical (unpaired) electrons. The van der Waals surface area contributed by atoms with Crippen LogP contribution in [0.4, 0.5) is 0 Å². The Hall–Kier alpha value is -2.31. The molecule has 0 heterocycles. The molecule has 0 aliphatic rings. The Morgan fingerprint density at radius 1 is 1.00 bits per heavy atom. The van der Waals surface area contributed by atoms with Gasteiger partial charge in [0.1, 0.15) is 18.1 Å². The van der Waals surface area contributed by atoms with Gasteiger partial charge in [-0.05, 0) is 39.7 Å². The first-order valence-electron chi connectivity index (χ1n) is 8.71. The monoisotopic (exact) mass is 502 g/mol.